The van der Waals surface area contributed by atoms with Crippen molar-refractivity contribution in [3.05, 3.63) is 29.4 Å². The molecule has 0 N–H and O–H groups in total. The van der Waals surface area contributed by atoms with Crippen molar-refractivity contribution in [1.29, 1.82) is 0 Å². The molecule has 16 heavy (non-hydrogen) atoms. The second-order valence-corrected chi connectivity index (χ2v) is 5.35. The van der Waals surface area contributed by atoms with Gasteiger partial charge in [0.1, 0.15) is 5.78 Å². The van der Waals surface area contributed by atoms with Crippen LogP contribution in [0.5, 0.6) is 0 Å². The van der Waals surface area contributed by atoms with E-state index < -0.39 is 0 Å². The Labute approximate surface area is 99.3 Å². The SMILES string of the molecule is CC(C)CC(=O)Cc1nccc2sccc12. The van der Waals surface area contributed by atoms with Gasteiger partial charge < -0.3 is 0 Å². The van der Waals surface area contributed by atoms with Crippen molar-refractivity contribution in [1.82, 2.24) is 4.98 Å². The summed E-state index contributed by atoms with van der Waals surface area (Å²) in [6.07, 6.45) is 2.89. The zero-order valence-corrected chi connectivity index (χ0v) is 10.4. The summed E-state index contributed by atoms with van der Waals surface area (Å²) in [7, 11) is 0. The molecule has 3 heteroatoms. The van der Waals surface area contributed by atoms with Crippen LogP contribution in [0.15, 0.2) is 23.7 Å². The Balaban J connectivity index is 2.20. The summed E-state index contributed by atoms with van der Waals surface area (Å²) in [6, 6.07) is 4.04. The number of nitrogens with zero attached hydrogens (tertiary/aromatic N) is 1. The molecule has 2 nitrogen and oxygen atoms in total. The van der Waals surface area contributed by atoms with E-state index in [-0.39, 0.29) is 5.78 Å². The molecule has 0 aliphatic carbocycles. The van der Waals surface area contributed by atoms with Crippen LogP contribution in [0.2, 0.25) is 0 Å². The molecule has 2 heterocycles. The van der Waals surface area contributed by atoms with Crippen LogP contribution in [0.3, 0.4) is 0 Å². The highest BCUT2D eigenvalue weighted by atomic mass is 32.1. The number of rotatable bonds is 4. The van der Waals surface area contributed by atoms with Gasteiger partial charge in [0.05, 0.1) is 5.69 Å². The molecular formula is C13H15NOS. The van der Waals surface area contributed by atoms with Crippen molar-refractivity contribution in [3.8, 4) is 0 Å². The van der Waals surface area contributed by atoms with E-state index in [1.54, 1.807) is 17.5 Å². The maximum Gasteiger partial charge on any atom is 0.139 e. The standard InChI is InChI=1S/C13H15NOS/c1-9(2)7-10(15)8-12-11-4-6-16-13(11)3-5-14-12/h3-6,9H,7-8H2,1-2H3. The highest BCUT2D eigenvalue weighted by Crippen LogP contribution is 2.23. The monoisotopic (exact) mass is 233 g/mol. The van der Waals surface area contributed by atoms with Gasteiger partial charge in [0.15, 0.2) is 0 Å². The second-order valence-electron chi connectivity index (χ2n) is 4.40. The van der Waals surface area contributed by atoms with Gasteiger partial charge in [-0.25, -0.2) is 0 Å². The van der Waals surface area contributed by atoms with E-state index in [0.717, 1.165) is 11.1 Å². The van der Waals surface area contributed by atoms with Crippen LogP contribution in [0.4, 0.5) is 0 Å². The lowest BCUT2D eigenvalue weighted by Crippen LogP contribution is -2.07. The van der Waals surface area contributed by atoms with Crippen LogP contribution in [0.1, 0.15) is 26.0 Å². The van der Waals surface area contributed by atoms with Crippen LogP contribution in [-0.4, -0.2) is 10.8 Å². The summed E-state index contributed by atoms with van der Waals surface area (Å²) in [5.74, 6) is 0.704. The van der Waals surface area contributed by atoms with Gasteiger partial charge in [-0.05, 0) is 23.4 Å². The number of thiophene rings is 1. The van der Waals surface area contributed by atoms with Crippen molar-refractivity contribution >= 4 is 27.2 Å². The maximum absolute atomic E-state index is 11.8. The molecule has 0 aliphatic heterocycles. The Morgan fingerprint density at radius 3 is 3.00 bits per heavy atom. The largest absolute Gasteiger partial charge is 0.299 e. The summed E-state index contributed by atoms with van der Waals surface area (Å²) >= 11 is 1.69. The minimum Gasteiger partial charge on any atom is -0.299 e. The molecule has 0 amide bonds. The predicted molar refractivity (Wildman–Crippen MR) is 67.8 cm³/mol. The molecule has 0 saturated carbocycles. The molecule has 0 radical (unpaired) electrons. The van der Waals surface area contributed by atoms with Crippen LogP contribution < -0.4 is 0 Å². The number of fused-ring (bicyclic) bond motifs is 1. The topological polar surface area (TPSA) is 30.0 Å². The molecule has 0 unspecified atom stereocenters. The number of ketones is 1. The number of carbonyl (C=O) groups excluding carboxylic acids is 1. The minimum atomic E-state index is 0.279. The Morgan fingerprint density at radius 2 is 2.25 bits per heavy atom. The van der Waals surface area contributed by atoms with Crippen LogP contribution in [0, 0.1) is 5.92 Å². The maximum atomic E-state index is 11.8. The summed E-state index contributed by atoms with van der Waals surface area (Å²) in [5, 5.41) is 3.17. The third-order valence-electron chi connectivity index (χ3n) is 2.46. The Bertz CT molecular complexity index is 501. The van der Waals surface area contributed by atoms with Gasteiger partial charge in [0, 0.05) is 29.1 Å². The van der Waals surface area contributed by atoms with Gasteiger partial charge in [-0.2, -0.15) is 0 Å². The Hall–Kier alpha value is -1.22. The van der Waals surface area contributed by atoms with Crippen molar-refractivity contribution in [3.63, 3.8) is 0 Å². The first-order chi connectivity index (χ1) is 7.66. The van der Waals surface area contributed by atoms with Crippen LogP contribution in [0.25, 0.3) is 10.1 Å². The third-order valence-corrected chi connectivity index (χ3v) is 3.34. The van der Waals surface area contributed by atoms with Gasteiger partial charge in [-0.3, -0.25) is 9.78 Å². The van der Waals surface area contributed by atoms with Crippen molar-refractivity contribution in [2.45, 2.75) is 26.7 Å². The highest BCUT2D eigenvalue weighted by Gasteiger charge is 2.10. The summed E-state index contributed by atoms with van der Waals surface area (Å²) < 4.78 is 1.21. The normalized spacial score (nSPS) is 11.2. The fourth-order valence-electron chi connectivity index (χ4n) is 1.81. The van der Waals surface area contributed by atoms with Gasteiger partial charge >= 0.3 is 0 Å². The van der Waals surface area contributed by atoms with E-state index in [4.69, 9.17) is 0 Å². The molecule has 0 aromatic carbocycles. The second kappa shape index (κ2) is 4.74. The lowest BCUT2D eigenvalue weighted by Gasteiger charge is -2.04. The molecule has 0 fully saturated rings. The van der Waals surface area contributed by atoms with Crippen molar-refractivity contribution < 1.29 is 4.79 Å². The number of carbonyl (C=O) groups is 1. The molecular weight excluding hydrogens is 218 g/mol. The van der Waals surface area contributed by atoms with Crippen LogP contribution >= 0.6 is 11.3 Å². The number of hydrogen-bond acceptors (Lipinski definition) is 3. The average Bonchev–Trinajstić information content (AvgIpc) is 2.65. The minimum absolute atomic E-state index is 0.279. The smallest absolute Gasteiger partial charge is 0.139 e. The molecule has 2 aromatic heterocycles. The molecule has 2 aromatic rings. The predicted octanol–water partition coefficient (Wildman–Crippen LogP) is 3.45. The first kappa shape index (κ1) is 11.3. The van der Waals surface area contributed by atoms with E-state index in [9.17, 15) is 4.79 Å². The van der Waals surface area contributed by atoms with Crippen molar-refractivity contribution in [2.24, 2.45) is 5.92 Å². The van der Waals surface area contributed by atoms with Crippen LogP contribution in [-0.2, 0) is 11.2 Å². The van der Waals surface area contributed by atoms with E-state index in [1.807, 2.05) is 17.5 Å². The third kappa shape index (κ3) is 2.47. The number of pyridine rings is 1. The average molecular weight is 233 g/mol. The zero-order valence-electron chi connectivity index (χ0n) is 9.56. The molecule has 0 saturated heterocycles. The van der Waals surface area contributed by atoms with E-state index >= 15 is 0 Å². The quantitative estimate of drug-likeness (QED) is 0.809. The first-order valence-corrected chi connectivity index (χ1v) is 6.37. The summed E-state index contributed by atoms with van der Waals surface area (Å²) in [4.78, 5) is 16.1. The molecule has 0 atom stereocenters. The molecule has 2 rings (SSSR count). The summed E-state index contributed by atoms with van der Waals surface area (Å²) in [6.45, 7) is 4.13. The van der Waals surface area contributed by atoms with Gasteiger partial charge in [-0.1, -0.05) is 13.8 Å². The number of hydrogen-bond donors (Lipinski definition) is 0. The Morgan fingerprint density at radius 1 is 1.44 bits per heavy atom. The lowest BCUT2D eigenvalue weighted by atomic mass is 10.0. The lowest BCUT2D eigenvalue weighted by molar-refractivity contribution is -0.119. The fourth-order valence-corrected chi connectivity index (χ4v) is 2.61. The fraction of sp³-hybridized carbons (Fsp3) is 0.385. The molecule has 0 spiro atoms. The van der Waals surface area contributed by atoms with Crippen molar-refractivity contribution in [2.75, 3.05) is 0 Å². The van der Waals surface area contributed by atoms with Gasteiger partial charge in [0.25, 0.3) is 0 Å². The van der Waals surface area contributed by atoms with Gasteiger partial charge in [-0.15, -0.1) is 11.3 Å². The first-order valence-electron chi connectivity index (χ1n) is 5.49. The van der Waals surface area contributed by atoms with Gasteiger partial charge in [0.2, 0.25) is 0 Å². The summed E-state index contributed by atoms with van der Waals surface area (Å²) in [5.41, 5.74) is 0.921. The van der Waals surface area contributed by atoms with E-state index in [1.165, 1.54) is 4.70 Å². The zero-order chi connectivity index (χ0) is 11.5. The number of aromatic nitrogens is 1. The molecule has 0 bridgehead atoms. The molecule has 0 aliphatic rings. The highest BCUT2D eigenvalue weighted by molar-refractivity contribution is 7.17. The molecule has 84 valence electrons. The van der Waals surface area contributed by atoms with E-state index in [0.29, 0.717) is 18.8 Å². The number of Topliss-reactive ketones (excluding diaryl/α,β-unsaturated/α-hetero) is 1. The Kier molecular flexibility index (Phi) is 3.34. The van der Waals surface area contributed by atoms with E-state index in [2.05, 4.69) is 18.8 Å².